The highest BCUT2D eigenvalue weighted by Gasteiger charge is 2.41. The van der Waals surface area contributed by atoms with E-state index in [1.165, 1.54) is 38.3 Å². The van der Waals surface area contributed by atoms with Gasteiger partial charge in [-0.3, -0.25) is 4.79 Å². The summed E-state index contributed by atoms with van der Waals surface area (Å²) in [6, 6.07) is 30.5. The lowest BCUT2D eigenvalue weighted by atomic mass is 9.68. The molecule has 2 heterocycles. The summed E-state index contributed by atoms with van der Waals surface area (Å²) in [7, 11) is 0. The zero-order chi connectivity index (χ0) is 30.1. The van der Waals surface area contributed by atoms with E-state index < -0.39 is 5.41 Å². The van der Waals surface area contributed by atoms with E-state index in [0.717, 1.165) is 33.9 Å². The van der Waals surface area contributed by atoms with Crippen molar-refractivity contribution < 1.29 is 4.79 Å². The number of hydrogen-bond donors (Lipinski definition) is 0. The van der Waals surface area contributed by atoms with Crippen LogP contribution in [-0.4, -0.2) is 17.3 Å². The van der Waals surface area contributed by atoms with Crippen molar-refractivity contribution in [2.45, 2.75) is 74.5 Å². The first-order valence-corrected chi connectivity index (χ1v) is 16.8. The van der Waals surface area contributed by atoms with Gasteiger partial charge in [-0.2, -0.15) is 0 Å². The zero-order valence-corrected chi connectivity index (χ0v) is 27.4. The molecule has 3 atom stereocenters. The molecule has 0 spiro atoms. The van der Waals surface area contributed by atoms with Gasteiger partial charge >= 0.3 is 0 Å². The Morgan fingerprint density at radius 2 is 1.24 bits per heavy atom. The maximum absolute atomic E-state index is 12.9. The minimum absolute atomic E-state index is 0.162. The van der Waals surface area contributed by atoms with Crippen LogP contribution in [0.4, 0.5) is 0 Å². The van der Waals surface area contributed by atoms with E-state index in [-0.39, 0.29) is 11.2 Å². The van der Waals surface area contributed by atoms with E-state index >= 15 is 0 Å². The molecule has 0 saturated carbocycles. The number of benzene rings is 4. The summed E-state index contributed by atoms with van der Waals surface area (Å²) in [5, 5.41) is 0. The van der Waals surface area contributed by atoms with E-state index in [1.54, 1.807) is 11.8 Å². The molecule has 0 N–H and O–H groups in total. The molecule has 0 aliphatic carbocycles. The third-order valence-electron chi connectivity index (χ3n) is 9.04. The summed E-state index contributed by atoms with van der Waals surface area (Å²) in [6.07, 6.45) is 3.11. The third kappa shape index (κ3) is 5.92. The first-order chi connectivity index (χ1) is 20.0. The minimum atomic E-state index is -0.416. The van der Waals surface area contributed by atoms with Crippen molar-refractivity contribution in [1.29, 1.82) is 0 Å². The van der Waals surface area contributed by atoms with Crippen LogP contribution in [0.1, 0.15) is 75.5 Å². The number of rotatable bonds is 4. The van der Waals surface area contributed by atoms with Gasteiger partial charge in [0.25, 0.3) is 0 Å². The molecular formula is C39H42OS2. The average Bonchev–Trinajstić information content (AvgIpc) is 2.98. The fourth-order valence-electron chi connectivity index (χ4n) is 6.16. The number of thioether (sulfide) groups is 2. The summed E-state index contributed by atoms with van der Waals surface area (Å²) in [6.45, 7) is 17.0. The van der Waals surface area contributed by atoms with Crippen molar-refractivity contribution in [2.75, 3.05) is 11.5 Å². The molecule has 0 radical (unpaired) electrons. The van der Waals surface area contributed by atoms with Crippen molar-refractivity contribution in [2.24, 2.45) is 0 Å². The molecule has 0 aromatic heterocycles. The van der Waals surface area contributed by atoms with E-state index in [4.69, 9.17) is 0 Å². The first kappa shape index (κ1) is 30.4. The van der Waals surface area contributed by atoms with E-state index in [0.29, 0.717) is 5.92 Å². The molecule has 3 heteroatoms. The summed E-state index contributed by atoms with van der Waals surface area (Å²) >= 11 is 3.80. The number of carbonyl (C=O) groups is 1. The molecule has 2 aliphatic heterocycles. The molecule has 4 aromatic rings. The normalized spacial score (nSPS) is 22.8. The van der Waals surface area contributed by atoms with Gasteiger partial charge in [0.1, 0.15) is 0 Å². The van der Waals surface area contributed by atoms with E-state index in [9.17, 15) is 4.79 Å². The molecule has 0 bridgehead atoms. The van der Waals surface area contributed by atoms with Crippen LogP contribution in [0.15, 0.2) is 107 Å². The molecule has 0 saturated heterocycles. The van der Waals surface area contributed by atoms with Crippen molar-refractivity contribution >= 4 is 29.3 Å². The highest BCUT2D eigenvalue weighted by molar-refractivity contribution is 7.99. The molecule has 2 aliphatic rings. The zero-order valence-electron chi connectivity index (χ0n) is 25.8. The van der Waals surface area contributed by atoms with Crippen LogP contribution >= 0.6 is 23.5 Å². The van der Waals surface area contributed by atoms with Crippen molar-refractivity contribution in [3.05, 3.63) is 142 Å². The van der Waals surface area contributed by atoms with Crippen LogP contribution < -0.4 is 0 Å². The van der Waals surface area contributed by atoms with Crippen LogP contribution in [0.3, 0.4) is 0 Å². The number of allylic oxidation sites excluding steroid dienone is 1. The van der Waals surface area contributed by atoms with Gasteiger partial charge in [0.15, 0.2) is 5.78 Å². The van der Waals surface area contributed by atoms with Crippen LogP contribution in [0.5, 0.6) is 0 Å². The molecular weight excluding hydrogens is 549 g/mol. The third-order valence-corrected chi connectivity index (χ3v) is 11.8. The number of Topliss-reactive ketones (excluding diaryl/α,β-unsaturated/α-hetero) is 1. The van der Waals surface area contributed by atoms with Gasteiger partial charge in [0, 0.05) is 32.3 Å². The average molecular weight is 591 g/mol. The van der Waals surface area contributed by atoms with Gasteiger partial charge in [-0.1, -0.05) is 96.4 Å². The van der Waals surface area contributed by atoms with Crippen LogP contribution in [-0.2, 0) is 10.8 Å². The Balaban J connectivity index is 0.000000169. The Bertz CT molecular complexity index is 1600. The molecule has 216 valence electrons. The Morgan fingerprint density at radius 3 is 1.86 bits per heavy atom. The summed E-state index contributed by atoms with van der Waals surface area (Å²) in [5.74, 6) is 2.69. The van der Waals surface area contributed by atoms with Crippen molar-refractivity contribution in [1.82, 2.24) is 0 Å². The van der Waals surface area contributed by atoms with Gasteiger partial charge in [0.05, 0.1) is 5.41 Å². The second-order valence-corrected chi connectivity index (χ2v) is 14.5. The van der Waals surface area contributed by atoms with E-state index in [1.807, 2.05) is 23.9 Å². The Labute approximate surface area is 261 Å². The fourth-order valence-corrected chi connectivity index (χ4v) is 8.95. The molecule has 0 amide bonds. The number of hydrogen-bond acceptors (Lipinski definition) is 3. The molecule has 1 nitrogen and oxygen atoms in total. The van der Waals surface area contributed by atoms with Gasteiger partial charge < -0.3 is 0 Å². The SMILES string of the molecule is C=CC[C@@H]1c2ccc(C)cc2SC[C@]1(C)c1ccc(C)cc1.Cc1ccc(C2(C)CSc3cc(C)ccc3C2=O)cc1. The number of aryl methyl sites for hydroxylation is 4. The summed E-state index contributed by atoms with van der Waals surface area (Å²) < 4.78 is 0. The van der Waals surface area contributed by atoms with Crippen molar-refractivity contribution in [3.63, 3.8) is 0 Å². The number of carbonyl (C=O) groups excluding carboxylic acids is 1. The molecule has 1 unspecified atom stereocenters. The Hall–Kier alpha value is -3.01. The second-order valence-electron chi connectivity index (χ2n) is 12.5. The predicted octanol–water partition coefficient (Wildman–Crippen LogP) is 10.6. The van der Waals surface area contributed by atoms with E-state index in [2.05, 4.69) is 127 Å². The first-order valence-electron chi connectivity index (χ1n) is 14.8. The molecule has 42 heavy (non-hydrogen) atoms. The topological polar surface area (TPSA) is 17.1 Å². The minimum Gasteiger partial charge on any atom is -0.293 e. The van der Waals surface area contributed by atoms with Crippen molar-refractivity contribution in [3.8, 4) is 0 Å². The quantitative estimate of drug-likeness (QED) is 0.220. The number of ketones is 1. The highest BCUT2D eigenvalue weighted by atomic mass is 32.2. The largest absolute Gasteiger partial charge is 0.293 e. The lowest BCUT2D eigenvalue weighted by Crippen LogP contribution is -2.38. The lowest BCUT2D eigenvalue weighted by molar-refractivity contribution is 0.0906. The monoisotopic (exact) mass is 590 g/mol. The number of fused-ring (bicyclic) bond motifs is 2. The predicted molar refractivity (Wildman–Crippen MR) is 183 cm³/mol. The maximum atomic E-state index is 12.9. The summed E-state index contributed by atoms with van der Waals surface area (Å²) in [4.78, 5) is 15.5. The second kappa shape index (κ2) is 12.3. The van der Waals surface area contributed by atoms with Gasteiger partial charge in [-0.15, -0.1) is 30.1 Å². The van der Waals surface area contributed by atoms with Gasteiger partial charge in [0.2, 0.25) is 0 Å². The van der Waals surface area contributed by atoms with Crippen LogP contribution in [0, 0.1) is 27.7 Å². The van der Waals surface area contributed by atoms with Gasteiger partial charge in [-0.25, -0.2) is 0 Å². The molecule has 0 fully saturated rings. The maximum Gasteiger partial charge on any atom is 0.175 e. The standard InChI is InChI=1S/C21H24S.C18H18OS/c1-5-6-19-18-12-9-16(3)13-20(18)22-14-21(19,4)17-10-7-15(2)8-11-17;1-12-4-7-14(8-5-12)18(3)11-20-16-10-13(2)6-9-15(16)17(18)19/h5,7-13,19H,1,6,14H2,2-4H3;4-10H,11H2,1-3H3/t19-,21-;/m1./s1. The molecule has 6 rings (SSSR count). The smallest absolute Gasteiger partial charge is 0.175 e. The Kier molecular flexibility index (Phi) is 8.92. The van der Waals surface area contributed by atoms with Gasteiger partial charge in [-0.05, 0) is 87.4 Å². The molecule has 4 aromatic carbocycles. The fraction of sp³-hybridized carbons (Fsp3) is 0.308. The van der Waals surface area contributed by atoms with Crippen LogP contribution in [0.25, 0.3) is 0 Å². The highest BCUT2D eigenvalue weighted by Crippen LogP contribution is 2.51. The summed E-state index contributed by atoms with van der Waals surface area (Å²) in [5.41, 5.74) is 9.78. The van der Waals surface area contributed by atoms with Crippen LogP contribution in [0.2, 0.25) is 0 Å². The Morgan fingerprint density at radius 1 is 0.714 bits per heavy atom. The lowest BCUT2D eigenvalue weighted by Gasteiger charge is -2.42.